The van der Waals surface area contributed by atoms with Gasteiger partial charge < -0.3 is 19.5 Å². The molecular weight excluding hydrogens is 432 g/mol. The van der Waals surface area contributed by atoms with Gasteiger partial charge in [-0.25, -0.2) is 0 Å². The smallest absolute Gasteiger partial charge is 0.257 e. The van der Waals surface area contributed by atoms with Gasteiger partial charge in [-0.2, -0.15) is 0 Å². The van der Waals surface area contributed by atoms with Crippen LogP contribution in [-0.2, 0) is 22.5 Å². The zero-order chi connectivity index (χ0) is 23.9. The molecule has 0 spiro atoms. The van der Waals surface area contributed by atoms with E-state index in [-0.39, 0.29) is 17.2 Å². The van der Waals surface area contributed by atoms with Crippen molar-refractivity contribution >= 4 is 11.8 Å². The van der Waals surface area contributed by atoms with Crippen LogP contribution in [0.4, 0.5) is 0 Å². The molecule has 2 amide bonds. The molecule has 0 atom stereocenters. The lowest BCUT2D eigenvalue weighted by Gasteiger charge is -2.26. The van der Waals surface area contributed by atoms with Crippen LogP contribution in [0.15, 0.2) is 10.9 Å². The summed E-state index contributed by atoms with van der Waals surface area (Å²) in [5.74, 6) is 0.505. The van der Waals surface area contributed by atoms with Gasteiger partial charge in [-0.15, -0.1) is 0 Å². The number of amides is 2. The summed E-state index contributed by atoms with van der Waals surface area (Å²) >= 11 is 0. The second kappa shape index (κ2) is 12.0. The number of carbonyl (C=O) groups is 2. The molecule has 3 aliphatic rings. The minimum atomic E-state index is -0.255. The Morgan fingerprint density at radius 3 is 2.53 bits per heavy atom. The Balaban J connectivity index is 1.49. The van der Waals surface area contributed by atoms with E-state index in [1.165, 1.54) is 12.8 Å². The van der Waals surface area contributed by atoms with Crippen molar-refractivity contribution in [1.29, 1.82) is 0 Å². The van der Waals surface area contributed by atoms with E-state index in [1.54, 1.807) is 6.07 Å². The molecule has 0 bridgehead atoms. The van der Waals surface area contributed by atoms with Gasteiger partial charge in [0.1, 0.15) is 5.56 Å². The van der Waals surface area contributed by atoms with Gasteiger partial charge in [-0.1, -0.05) is 25.7 Å². The van der Waals surface area contributed by atoms with Gasteiger partial charge in [0.25, 0.3) is 5.91 Å². The number of likely N-dealkylation sites (tertiary alicyclic amines) is 1. The summed E-state index contributed by atoms with van der Waals surface area (Å²) < 4.78 is 7.57. The molecule has 1 N–H and O–H groups in total. The van der Waals surface area contributed by atoms with Gasteiger partial charge in [0.05, 0.1) is 13.2 Å². The van der Waals surface area contributed by atoms with E-state index in [4.69, 9.17) is 4.74 Å². The Bertz CT molecular complexity index is 916. The van der Waals surface area contributed by atoms with E-state index >= 15 is 0 Å². The number of nitrogens with one attached hydrogen (secondary N) is 1. The van der Waals surface area contributed by atoms with E-state index in [2.05, 4.69) is 14.8 Å². The van der Waals surface area contributed by atoms with Crippen LogP contribution in [0.3, 0.4) is 0 Å². The first kappa shape index (κ1) is 24.9. The number of morpholine rings is 1. The summed E-state index contributed by atoms with van der Waals surface area (Å²) in [7, 11) is 0. The molecule has 0 unspecified atom stereocenters. The van der Waals surface area contributed by atoms with Crippen LogP contribution in [-0.4, -0.2) is 78.7 Å². The molecule has 2 saturated heterocycles. The predicted molar refractivity (Wildman–Crippen MR) is 131 cm³/mol. The molecule has 188 valence electrons. The molecule has 1 saturated carbocycles. The Kier molecular flexibility index (Phi) is 8.78. The van der Waals surface area contributed by atoms with Crippen LogP contribution >= 0.6 is 0 Å². The Labute approximate surface area is 202 Å². The lowest BCUT2D eigenvalue weighted by Crippen LogP contribution is -2.42. The number of carbonyl (C=O) groups excluding carboxylic acids is 2. The third-order valence-corrected chi connectivity index (χ3v) is 7.61. The maximum Gasteiger partial charge on any atom is 0.257 e. The van der Waals surface area contributed by atoms with E-state index < -0.39 is 0 Å². The summed E-state index contributed by atoms with van der Waals surface area (Å²) in [6, 6.07) is 1.61. The number of aromatic nitrogens is 1. The number of hydrogen-bond acceptors (Lipinski definition) is 5. The van der Waals surface area contributed by atoms with Crippen LogP contribution < -0.4 is 10.7 Å². The van der Waals surface area contributed by atoms with Crippen LogP contribution in [0.25, 0.3) is 0 Å². The van der Waals surface area contributed by atoms with Gasteiger partial charge in [0.2, 0.25) is 5.91 Å². The van der Waals surface area contributed by atoms with Gasteiger partial charge in [0, 0.05) is 69.7 Å². The monoisotopic (exact) mass is 472 g/mol. The Morgan fingerprint density at radius 1 is 1.06 bits per heavy atom. The van der Waals surface area contributed by atoms with Crippen molar-refractivity contribution in [3.63, 3.8) is 0 Å². The van der Waals surface area contributed by atoms with Gasteiger partial charge in [0.15, 0.2) is 5.43 Å². The molecule has 8 heteroatoms. The van der Waals surface area contributed by atoms with Crippen LogP contribution in [0.1, 0.15) is 66.7 Å². The number of pyridine rings is 1. The van der Waals surface area contributed by atoms with Crippen molar-refractivity contribution in [3.8, 4) is 0 Å². The number of ether oxygens (including phenoxy) is 1. The molecule has 3 fully saturated rings. The molecule has 1 aromatic rings. The lowest BCUT2D eigenvalue weighted by atomic mass is 9.96. The van der Waals surface area contributed by atoms with E-state index in [9.17, 15) is 14.4 Å². The fourth-order valence-corrected chi connectivity index (χ4v) is 5.69. The van der Waals surface area contributed by atoms with Crippen LogP contribution in [0.5, 0.6) is 0 Å². The third-order valence-electron chi connectivity index (χ3n) is 7.61. The normalized spacial score (nSPS) is 19.8. The fourth-order valence-electron chi connectivity index (χ4n) is 5.69. The van der Waals surface area contributed by atoms with Crippen LogP contribution in [0, 0.1) is 12.8 Å². The summed E-state index contributed by atoms with van der Waals surface area (Å²) in [5, 5.41) is 3.02. The molecule has 4 rings (SSSR count). The largest absolute Gasteiger partial charge is 0.379 e. The molecule has 8 nitrogen and oxygen atoms in total. The molecule has 1 aromatic heterocycles. The SMILES string of the molecule is Cc1cc(=O)c(C(=O)NCCN2CCOCC2)c(CC2CCCC2)n1CCCN1CCCC1=O. The van der Waals surface area contributed by atoms with Gasteiger partial charge in [-0.3, -0.25) is 19.3 Å². The molecule has 0 aromatic carbocycles. The summed E-state index contributed by atoms with van der Waals surface area (Å²) in [6.45, 7) is 8.73. The number of rotatable bonds is 10. The second-order valence-electron chi connectivity index (χ2n) is 10.0. The molecule has 3 heterocycles. The highest BCUT2D eigenvalue weighted by molar-refractivity contribution is 5.95. The lowest BCUT2D eigenvalue weighted by molar-refractivity contribution is -0.127. The van der Waals surface area contributed by atoms with Crippen molar-refractivity contribution in [3.05, 3.63) is 33.2 Å². The summed E-state index contributed by atoms with van der Waals surface area (Å²) in [6.07, 6.45) is 7.94. The first-order valence-corrected chi connectivity index (χ1v) is 13.1. The quantitative estimate of drug-likeness (QED) is 0.563. The van der Waals surface area contributed by atoms with E-state index in [0.29, 0.717) is 31.0 Å². The first-order valence-electron chi connectivity index (χ1n) is 13.1. The predicted octanol–water partition coefficient (Wildman–Crippen LogP) is 1.96. The standard InChI is InChI=1S/C26H40N4O4/c1-20-18-23(31)25(26(33)27-9-13-28-14-16-34-17-15-28)22(19-21-6-2-3-7-21)30(20)12-5-11-29-10-4-8-24(29)32/h18,21H,2-17,19H2,1H3,(H,27,33). The van der Waals surface area contributed by atoms with Crippen molar-refractivity contribution in [2.24, 2.45) is 5.92 Å². The fraction of sp³-hybridized carbons (Fsp3) is 0.731. The van der Waals surface area contributed by atoms with E-state index in [1.807, 2.05) is 11.8 Å². The first-order chi connectivity index (χ1) is 16.5. The summed E-state index contributed by atoms with van der Waals surface area (Å²) in [4.78, 5) is 42.5. The van der Waals surface area contributed by atoms with Gasteiger partial charge in [-0.05, 0) is 32.1 Å². The molecular formula is C26H40N4O4. The molecule has 34 heavy (non-hydrogen) atoms. The zero-order valence-electron chi connectivity index (χ0n) is 20.7. The van der Waals surface area contributed by atoms with Crippen molar-refractivity contribution < 1.29 is 14.3 Å². The highest BCUT2D eigenvalue weighted by atomic mass is 16.5. The maximum absolute atomic E-state index is 13.3. The number of hydrogen-bond donors (Lipinski definition) is 1. The van der Waals surface area contributed by atoms with E-state index in [0.717, 1.165) is 89.4 Å². The second-order valence-corrected chi connectivity index (χ2v) is 10.0. The molecule has 0 radical (unpaired) electrons. The number of aryl methyl sites for hydroxylation is 1. The Hall–Kier alpha value is -2.19. The molecule has 1 aliphatic carbocycles. The Morgan fingerprint density at radius 2 is 1.82 bits per heavy atom. The van der Waals surface area contributed by atoms with Crippen molar-refractivity contribution in [1.82, 2.24) is 19.7 Å². The topological polar surface area (TPSA) is 83.9 Å². The zero-order valence-corrected chi connectivity index (χ0v) is 20.7. The third kappa shape index (κ3) is 6.27. The summed E-state index contributed by atoms with van der Waals surface area (Å²) in [5.41, 5.74) is 1.92. The average molecular weight is 473 g/mol. The van der Waals surface area contributed by atoms with Crippen molar-refractivity contribution in [2.45, 2.75) is 64.8 Å². The average Bonchev–Trinajstić information content (AvgIpc) is 3.48. The molecule has 2 aliphatic heterocycles. The highest BCUT2D eigenvalue weighted by Crippen LogP contribution is 2.29. The minimum absolute atomic E-state index is 0.180. The van der Waals surface area contributed by atoms with Gasteiger partial charge >= 0.3 is 0 Å². The maximum atomic E-state index is 13.3. The highest BCUT2D eigenvalue weighted by Gasteiger charge is 2.25. The number of nitrogens with zero attached hydrogens (tertiary/aromatic N) is 3. The minimum Gasteiger partial charge on any atom is -0.379 e. The van der Waals surface area contributed by atoms with Crippen molar-refractivity contribution in [2.75, 3.05) is 52.5 Å². The van der Waals surface area contributed by atoms with Crippen LogP contribution in [0.2, 0.25) is 0 Å².